The van der Waals surface area contributed by atoms with Crippen LogP contribution in [-0.4, -0.2) is 71.2 Å². The molecule has 0 atom stereocenters. The van der Waals surface area contributed by atoms with E-state index in [1.54, 1.807) is 17.3 Å². The Morgan fingerprint density at radius 1 is 1.09 bits per heavy atom. The maximum atomic E-state index is 12.2. The topological polar surface area (TPSA) is 80.4 Å². The van der Waals surface area contributed by atoms with Gasteiger partial charge in [0.1, 0.15) is 0 Å². The smallest absolute Gasteiger partial charge is 0.218 e. The van der Waals surface area contributed by atoms with Gasteiger partial charge < -0.3 is 15.1 Å². The van der Waals surface area contributed by atoms with Crippen LogP contribution < -0.4 is 10.2 Å². The first-order chi connectivity index (χ1) is 17.2. The van der Waals surface area contributed by atoms with Crippen molar-refractivity contribution in [1.82, 2.24) is 25.0 Å². The van der Waals surface area contributed by atoms with Gasteiger partial charge in [0, 0.05) is 49.1 Å². The quantitative estimate of drug-likeness (QED) is 0.358. The third kappa shape index (κ3) is 5.50. The third-order valence-electron chi connectivity index (χ3n) is 6.61. The van der Waals surface area contributed by atoms with E-state index in [1.807, 2.05) is 42.5 Å². The number of fused-ring (bicyclic) bond motifs is 1. The molecule has 1 aliphatic heterocycles. The van der Waals surface area contributed by atoms with Crippen molar-refractivity contribution in [3.05, 3.63) is 72.6 Å². The highest BCUT2D eigenvalue weighted by molar-refractivity contribution is 5.92. The minimum Gasteiger partial charge on any atom is -0.338 e. The van der Waals surface area contributed by atoms with E-state index in [1.165, 1.54) is 5.56 Å². The summed E-state index contributed by atoms with van der Waals surface area (Å²) < 4.78 is 0. The second-order valence-electron chi connectivity index (χ2n) is 9.06. The Labute approximate surface area is 205 Å². The maximum Gasteiger partial charge on any atom is 0.218 e. The van der Waals surface area contributed by atoms with Gasteiger partial charge in [-0.05, 0) is 74.5 Å². The molecule has 8 nitrogen and oxygen atoms in total. The van der Waals surface area contributed by atoms with E-state index in [9.17, 15) is 4.79 Å². The lowest BCUT2D eigenvalue weighted by atomic mass is 10.1. The fourth-order valence-corrected chi connectivity index (χ4v) is 4.50. The summed E-state index contributed by atoms with van der Waals surface area (Å²) >= 11 is 0. The lowest BCUT2D eigenvalue weighted by molar-refractivity contribution is -0.106. The number of nitrogens with zero attached hydrogens (tertiary/aromatic N) is 5. The molecule has 180 valence electrons. The van der Waals surface area contributed by atoms with E-state index >= 15 is 0 Å². The molecule has 1 fully saturated rings. The molecule has 1 aliphatic rings. The second kappa shape index (κ2) is 10.7. The van der Waals surface area contributed by atoms with Gasteiger partial charge in [0.05, 0.1) is 17.4 Å². The molecule has 2 aromatic heterocycles. The number of benzene rings is 2. The van der Waals surface area contributed by atoms with Crippen LogP contribution >= 0.6 is 0 Å². The molecule has 0 spiro atoms. The number of aryl methyl sites for hydroxylation is 1. The predicted octanol–water partition coefficient (Wildman–Crippen LogP) is 4.18. The van der Waals surface area contributed by atoms with Crippen LogP contribution in [0.5, 0.6) is 0 Å². The van der Waals surface area contributed by atoms with Crippen molar-refractivity contribution in [2.75, 3.05) is 50.0 Å². The molecule has 0 unspecified atom stereocenters. The SMILES string of the molecule is CN1CCN(CCCc2ccc(N(C=O)c3cccnc3Nc3ccc4cn[nH]c4c3)cc2)CC1. The Hall–Kier alpha value is -3.75. The summed E-state index contributed by atoms with van der Waals surface area (Å²) in [6.45, 7) is 5.74. The minimum absolute atomic E-state index is 0.606. The number of H-pyrrole nitrogens is 1. The van der Waals surface area contributed by atoms with Crippen molar-refractivity contribution >= 4 is 40.2 Å². The summed E-state index contributed by atoms with van der Waals surface area (Å²) in [7, 11) is 2.19. The van der Waals surface area contributed by atoms with Gasteiger partial charge in [0.15, 0.2) is 5.82 Å². The number of piperazine rings is 1. The highest BCUT2D eigenvalue weighted by Crippen LogP contribution is 2.32. The largest absolute Gasteiger partial charge is 0.338 e. The van der Waals surface area contributed by atoms with Crippen LogP contribution in [0.1, 0.15) is 12.0 Å². The zero-order chi connectivity index (χ0) is 24.0. The number of carbonyl (C=O) groups is 1. The second-order valence-corrected chi connectivity index (χ2v) is 9.06. The summed E-state index contributed by atoms with van der Waals surface area (Å²) in [6, 6.07) is 17.9. The molecule has 0 saturated carbocycles. The number of carbonyl (C=O) groups excluding carboxylic acids is 1. The molecule has 0 radical (unpaired) electrons. The van der Waals surface area contributed by atoms with Crippen LogP contribution in [0.2, 0.25) is 0 Å². The van der Waals surface area contributed by atoms with Gasteiger partial charge in [0.2, 0.25) is 6.41 Å². The van der Waals surface area contributed by atoms with E-state index in [0.29, 0.717) is 11.5 Å². The van der Waals surface area contributed by atoms with Crippen LogP contribution in [-0.2, 0) is 11.2 Å². The van der Waals surface area contributed by atoms with Crippen LogP contribution in [0.4, 0.5) is 22.9 Å². The monoisotopic (exact) mass is 469 g/mol. The average Bonchev–Trinajstić information content (AvgIpc) is 3.36. The standard InChI is InChI=1S/C27H31N7O/c1-32-14-16-33(17-15-32)13-3-4-21-6-10-24(11-7-21)34(20-35)26-5-2-12-28-27(26)30-23-9-8-22-19-29-31-25(22)18-23/h2,5-12,18-20H,3-4,13-17H2,1H3,(H,28,30)(H,29,31). The summed E-state index contributed by atoms with van der Waals surface area (Å²) in [6.07, 6.45) is 6.51. The average molecular weight is 470 g/mol. The van der Waals surface area contributed by atoms with Gasteiger partial charge in [-0.1, -0.05) is 12.1 Å². The number of likely N-dealkylation sites (N-methyl/N-ethyl adjacent to an activating group) is 1. The highest BCUT2D eigenvalue weighted by atomic mass is 16.1. The van der Waals surface area contributed by atoms with E-state index in [-0.39, 0.29) is 0 Å². The molecule has 5 rings (SSSR count). The molecule has 0 bridgehead atoms. The number of aromatic nitrogens is 3. The lowest BCUT2D eigenvalue weighted by Gasteiger charge is -2.32. The molecule has 1 amide bonds. The lowest BCUT2D eigenvalue weighted by Crippen LogP contribution is -2.44. The van der Waals surface area contributed by atoms with Crippen molar-refractivity contribution < 1.29 is 4.79 Å². The first kappa shape index (κ1) is 23.0. The van der Waals surface area contributed by atoms with Crippen molar-refractivity contribution in [3.8, 4) is 0 Å². The number of anilines is 4. The Morgan fingerprint density at radius 2 is 1.91 bits per heavy atom. The number of nitrogens with one attached hydrogen (secondary N) is 2. The normalized spacial score (nSPS) is 14.8. The number of hydrogen-bond donors (Lipinski definition) is 2. The number of aromatic amines is 1. The fourth-order valence-electron chi connectivity index (χ4n) is 4.50. The van der Waals surface area contributed by atoms with E-state index in [0.717, 1.165) is 74.3 Å². The van der Waals surface area contributed by atoms with Crippen LogP contribution in [0.3, 0.4) is 0 Å². The van der Waals surface area contributed by atoms with E-state index in [4.69, 9.17) is 0 Å². The predicted molar refractivity (Wildman–Crippen MR) is 141 cm³/mol. The fraction of sp³-hybridized carbons (Fsp3) is 0.296. The number of pyridine rings is 1. The van der Waals surface area contributed by atoms with E-state index < -0.39 is 0 Å². The summed E-state index contributed by atoms with van der Waals surface area (Å²) in [5.74, 6) is 0.606. The van der Waals surface area contributed by atoms with Gasteiger partial charge in [-0.15, -0.1) is 0 Å². The molecule has 1 saturated heterocycles. The zero-order valence-corrected chi connectivity index (χ0v) is 20.0. The van der Waals surface area contributed by atoms with Crippen molar-refractivity contribution in [2.45, 2.75) is 12.8 Å². The van der Waals surface area contributed by atoms with Crippen LogP contribution in [0.15, 0.2) is 67.0 Å². The van der Waals surface area contributed by atoms with Crippen molar-refractivity contribution in [3.63, 3.8) is 0 Å². The third-order valence-corrected chi connectivity index (χ3v) is 6.61. The zero-order valence-electron chi connectivity index (χ0n) is 20.0. The Balaban J connectivity index is 1.26. The van der Waals surface area contributed by atoms with Gasteiger partial charge in [-0.3, -0.25) is 14.8 Å². The van der Waals surface area contributed by atoms with Gasteiger partial charge in [-0.25, -0.2) is 4.98 Å². The molecule has 3 heterocycles. The summed E-state index contributed by atoms with van der Waals surface area (Å²) in [4.78, 5) is 23.2. The number of amides is 1. The maximum absolute atomic E-state index is 12.2. The Bertz CT molecular complexity index is 1260. The molecule has 2 N–H and O–H groups in total. The Kier molecular flexibility index (Phi) is 7.02. The molecule has 8 heteroatoms. The summed E-state index contributed by atoms with van der Waals surface area (Å²) in [5, 5.41) is 11.4. The van der Waals surface area contributed by atoms with Gasteiger partial charge in [-0.2, -0.15) is 5.10 Å². The van der Waals surface area contributed by atoms with Gasteiger partial charge >= 0.3 is 0 Å². The van der Waals surface area contributed by atoms with Gasteiger partial charge in [0.25, 0.3) is 0 Å². The van der Waals surface area contributed by atoms with Crippen molar-refractivity contribution in [2.24, 2.45) is 0 Å². The molecule has 35 heavy (non-hydrogen) atoms. The van der Waals surface area contributed by atoms with Crippen molar-refractivity contribution in [1.29, 1.82) is 0 Å². The highest BCUT2D eigenvalue weighted by Gasteiger charge is 2.15. The van der Waals surface area contributed by atoms with Crippen LogP contribution in [0.25, 0.3) is 10.9 Å². The molecule has 4 aromatic rings. The van der Waals surface area contributed by atoms with E-state index in [2.05, 4.69) is 49.5 Å². The molecule has 0 aliphatic carbocycles. The number of hydrogen-bond acceptors (Lipinski definition) is 6. The van der Waals surface area contributed by atoms with Crippen LogP contribution in [0, 0.1) is 0 Å². The Morgan fingerprint density at radius 3 is 2.71 bits per heavy atom. The molecule has 2 aromatic carbocycles. The number of rotatable bonds is 9. The first-order valence-corrected chi connectivity index (χ1v) is 12.1. The first-order valence-electron chi connectivity index (χ1n) is 12.1. The summed E-state index contributed by atoms with van der Waals surface area (Å²) in [5.41, 5.74) is 4.58. The minimum atomic E-state index is 0.606. The molecular formula is C27H31N7O. The molecular weight excluding hydrogens is 438 g/mol.